The molecular formula is C18H19N3O6S3. The summed E-state index contributed by atoms with van der Waals surface area (Å²) in [7, 11) is -8.02. The predicted molar refractivity (Wildman–Crippen MR) is 112 cm³/mol. The molecule has 2 aromatic carbocycles. The van der Waals surface area contributed by atoms with Gasteiger partial charge in [0.1, 0.15) is 6.54 Å². The number of primary sulfonamides is 1. The molecular weight excluding hydrogens is 450 g/mol. The number of carbonyl (C=O) groups excluding carboxylic acids is 1. The van der Waals surface area contributed by atoms with Crippen LogP contribution in [0.5, 0.6) is 0 Å². The van der Waals surface area contributed by atoms with E-state index < -0.39 is 26.0 Å². The maximum atomic E-state index is 12.8. The van der Waals surface area contributed by atoms with Crippen molar-refractivity contribution in [2.45, 2.75) is 30.2 Å². The van der Waals surface area contributed by atoms with Crippen LogP contribution < -0.4 is 9.94 Å². The fourth-order valence-corrected chi connectivity index (χ4v) is 5.54. The van der Waals surface area contributed by atoms with E-state index in [9.17, 15) is 21.6 Å². The number of hydrogen-bond acceptors (Lipinski definition) is 7. The second-order valence-corrected chi connectivity index (χ2v) is 10.5. The summed E-state index contributed by atoms with van der Waals surface area (Å²) >= 11 is 0.928. The molecule has 0 atom stereocenters. The Hall–Kier alpha value is -2.54. The second-order valence-electron chi connectivity index (χ2n) is 6.33. The number of aromatic nitrogens is 1. The molecule has 0 amide bonds. The lowest BCUT2D eigenvalue weighted by Gasteiger charge is -2.06. The first-order chi connectivity index (χ1) is 14.0. The van der Waals surface area contributed by atoms with Crippen molar-refractivity contribution in [2.75, 3.05) is 6.61 Å². The minimum atomic E-state index is -4.07. The number of thiazole rings is 1. The van der Waals surface area contributed by atoms with Gasteiger partial charge in [-0.3, -0.25) is 4.79 Å². The lowest BCUT2D eigenvalue weighted by Crippen LogP contribution is -2.23. The van der Waals surface area contributed by atoms with Crippen molar-refractivity contribution < 1.29 is 26.4 Å². The Morgan fingerprint density at radius 2 is 1.73 bits per heavy atom. The van der Waals surface area contributed by atoms with E-state index in [1.807, 2.05) is 6.92 Å². The van der Waals surface area contributed by atoms with Crippen LogP contribution in [0.4, 0.5) is 0 Å². The lowest BCUT2D eigenvalue weighted by molar-refractivity contribution is -0.143. The Kier molecular flexibility index (Phi) is 6.13. The fourth-order valence-electron chi connectivity index (χ4n) is 2.65. The minimum absolute atomic E-state index is 0.00142. The number of aryl methyl sites for hydroxylation is 1. The van der Waals surface area contributed by atoms with Crippen molar-refractivity contribution in [3.8, 4) is 0 Å². The van der Waals surface area contributed by atoms with Gasteiger partial charge in [-0.1, -0.05) is 29.0 Å². The number of rotatable bonds is 6. The highest BCUT2D eigenvalue weighted by Crippen LogP contribution is 2.22. The van der Waals surface area contributed by atoms with Crippen LogP contribution in [0.2, 0.25) is 0 Å². The molecule has 0 bridgehead atoms. The molecule has 1 aromatic heterocycles. The Bertz CT molecular complexity index is 1390. The van der Waals surface area contributed by atoms with E-state index in [-0.39, 0.29) is 27.7 Å². The summed E-state index contributed by atoms with van der Waals surface area (Å²) in [6.07, 6.45) is 0. The third kappa shape index (κ3) is 4.78. The van der Waals surface area contributed by atoms with Gasteiger partial charge in [-0.2, -0.15) is 8.42 Å². The quantitative estimate of drug-likeness (QED) is 0.543. The third-order valence-corrected chi connectivity index (χ3v) is 7.44. The lowest BCUT2D eigenvalue weighted by atomic mass is 10.2. The minimum Gasteiger partial charge on any atom is -0.465 e. The Balaban J connectivity index is 2.24. The van der Waals surface area contributed by atoms with Crippen molar-refractivity contribution in [3.05, 3.63) is 52.8 Å². The van der Waals surface area contributed by atoms with Crippen molar-refractivity contribution in [3.63, 3.8) is 0 Å². The van der Waals surface area contributed by atoms with Gasteiger partial charge in [0.25, 0.3) is 10.0 Å². The van der Waals surface area contributed by atoms with Crippen LogP contribution in [-0.4, -0.2) is 34.0 Å². The van der Waals surface area contributed by atoms with Gasteiger partial charge < -0.3 is 9.30 Å². The van der Waals surface area contributed by atoms with E-state index in [0.717, 1.165) is 16.9 Å². The van der Waals surface area contributed by atoms with Crippen LogP contribution in [-0.2, 0) is 36.1 Å². The van der Waals surface area contributed by atoms with Crippen LogP contribution in [0.1, 0.15) is 12.5 Å². The molecule has 0 unspecified atom stereocenters. The molecule has 3 rings (SSSR count). The topological polar surface area (TPSA) is 138 Å². The highest BCUT2D eigenvalue weighted by molar-refractivity contribution is 7.90. The van der Waals surface area contributed by atoms with Crippen LogP contribution in [0.3, 0.4) is 0 Å². The van der Waals surface area contributed by atoms with Crippen molar-refractivity contribution in [2.24, 2.45) is 9.54 Å². The second kappa shape index (κ2) is 8.30. The number of benzene rings is 2. The Labute approximate surface area is 177 Å². The van der Waals surface area contributed by atoms with E-state index in [1.54, 1.807) is 19.1 Å². The Morgan fingerprint density at radius 1 is 1.10 bits per heavy atom. The molecule has 160 valence electrons. The summed E-state index contributed by atoms with van der Waals surface area (Å²) in [5.74, 6) is -0.582. The summed E-state index contributed by atoms with van der Waals surface area (Å²) in [5, 5.41) is 5.18. The fraction of sp³-hybridized carbons (Fsp3) is 0.222. The zero-order valence-corrected chi connectivity index (χ0v) is 18.6. The summed E-state index contributed by atoms with van der Waals surface area (Å²) in [5.41, 5.74) is 1.32. The van der Waals surface area contributed by atoms with Crippen molar-refractivity contribution >= 4 is 47.6 Å². The van der Waals surface area contributed by atoms with Gasteiger partial charge in [-0.25, -0.2) is 13.6 Å². The zero-order valence-electron chi connectivity index (χ0n) is 16.1. The van der Waals surface area contributed by atoms with Crippen LogP contribution in [0, 0.1) is 6.92 Å². The van der Waals surface area contributed by atoms with Gasteiger partial charge in [-0.15, -0.1) is 4.40 Å². The summed E-state index contributed by atoms with van der Waals surface area (Å²) in [4.78, 5) is 11.9. The van der Waals surface area contributed by atoms with E-state index >= 15 is 0 Å². The number of ether oxygens (including phenoxy) is 1. The normalized spacial score (nSPS) is 13.0. The van der Waals surface area contributed by atoms with Crippen molar-refractivity contribution in [1.82, 2.24) is 4.57 Å². The smallest absolute Gasteiger partial charge is 0.326 e. The number of fused-ring (bicyclic) bond motifs is 1. The van der Waals surface area contributed by atoms with E-state index in [1.165, 1.54) is 34.9 Å². The summed E-state index contributed by atoms with van der Waals surface area (Å²) in [6, 6.07) is 10.2. The van der Waals surface area contributed by atoms with E-state index in [0.29, 0.717) is 10.2 Å². The monoisotopic (exact) mass is 469 g/mol. The molecule has 3 aromatic rings. The van der Waals surface area contributed by atoms with Crippen LogP contribution in [0.15, 0.2) is 56.7 Å². The first-order valence-corrected chi connectivity index (χ1v) is 12.5. The molecule has 30 heavy (non-hydrogen) atoms. The van der Waals surface area contributed by atoms with Gasteiger partial charge in [0, 0.05) is 0 Å². The molecule has 0 aliphatic heterocycles. The number of carbonyl (C=O) groups is 1. The van der Waals surface area contributed by atoms with Crippen LogP contribution in [0.25, 0.3) is 10.2 Å². The SMILES string of the molecule is CCOC(=O)Cn1/c(=N/S(=O)(=O)c2ccc(C)cc2)sc2cc(S(N)(=O)=O)ccc21. The summed E-state index contributed by atoms with van der Waals surface area (Å²) < 4.78 is 59.5. The highest BCUT2D eigenvalue weighted by Gasteiger charge is 2.18. The predicted octanol–water partition coefficient (Wildman–Crippen LogP) is 1.51. The first kappa shape index (κ1) is 22.2. The zero-order chi connectivity index (χ0) is 22.1. The molecule has 2 N–H and O–H groups in total. The van der Waals surface area contributed by atoms with Gasteiger partial charge in [-0.05, 0) is 44.2 Å². The van der Waals surface area contributed by atoms with Gasteiger partial charge in [0.05, 0.1) is 26.6 Å². The molecule has 0 radical (unpaired) electrons. The Morgan fingerprint density at radius 3 is 2.33 bits per heavy atom. The van der Waals surface area contributed by atoms with E-state index in [4.69, 9.17) is 9.88 Å². The number of hydrogen-bond donors (Lipinski definition) is 1. The molecule has 0 saturated heterocycles. The molecule has 9 nitrogen and oxygen atoms in total. The van der Waals surface area contributed by atoms with E-state index in [2.05, 4.69) is 4.40 Å². The number of nitrogens with two attached hydrogens (primary N) is 1. The molecule has 0 fully saturated rings. The standard InChI is InChI=1S/C18H19N3O6S3/c1-3-27-17(22)11-21-15-9-8-14(29(19,23)24)10-16(15)28-18(21)20-30(25,26)13-6-4-12(2)5-7-13/h4-10H,3,11H2,1-2H3,(H2,19,23,24)/b20-18-. The van der Waals surface area contributed by atoms with Crippen molar-refractivity contribution in [1.29, 1.82) is 0 Å². The molecule has 0 aliphatic rings. The number of sulfonamides is 2. The molecule has 0 saturated carbocycles. The molecule has 12 heteroatoms. The van der Waals surface area contributed by atoms with Crippen LogP contribution >= 0.6 is 11.3 Å². The third-order valence-electron chi connectivity index (χ3n) is 4.09. The van der Waals surface area contributed by atoms with Gasteiger partial charge >= 0.3 is 5.97 Å². The number of esters is 1. The maximum Gasteiger partial charge on any atom is 0.326 e. The average Bonchev–Trinajstić information content (AvgIpc) is 2.97. The molecule has 0 aliphatic carbocycles. The molecule has 1 heterocycles. The molecule has 0 spiro atoms. The number of nitrogens with zero attached hydrogens (tertiary/aromatic N) is 2. The highest BCUT2D eigenvalue weighted by atomic mass is 32.2. The first-order valence-electron chi connectivity index (χ1n) is 8.71. The van der Waals surface area contributed by atoms with Gasteiger partial charge in [0.15, 0.2) is 0 Å². The average molecular weight is 470 g/mol. The summed E-state index contributed by atoms with van der Waals surface area (Å²) in [6.45, 7) is 3.35. The van der Waals surface area contributed by atoms with Gasteiger partial charge in [0.2, 0.25) is 14.8 Å². The largest absolute Gasteiger partial charge is 0.465 e. The maximum absolute atomic E-state index is 12.8.